The number of amides is 2. The topological polar surface area (TPSA) is 105 Å². The lowest BCUT2D eigenvalue weighted by Gasteiger charge is -2.34. The van der Waals surface area contributed by atoms with E-state index in [2.05, 4.69) is 5.32 Å². The zero-order valence-corrected chi connectivity index (χ0v) is 26.2. The summed E-state index contributed by atoms with van der Waals surface area (Å²) in [6, 6.07) is 20.3. The summed E-state index contributed by atoms with van der Waals surface area (Å²) in [6.07, 6.45) is 0.238. The lowest BCUT2D eigenvalue weighted by atomic mass is 10.0. The minimum Gasteiger partial charge on any atom is -0.486 e. The van der Waals surface area contributed by atoms with Gasteiger partial charge in [0, 0.05) is 30.6 Å². The zero-order chi connectivity index (χ0) is 31.0. The van der Waals surface area contributed by atoms with E-state index >= 15 is 0 Å². The van der Waals surface area contributed by atoms with Gasteiger partial charge in [-0.1, -0.05) is 67.9 Å². The van der Waals surface area contributed by atoms with Crippen LogP contribution in [0.3, 0.4) is 0 Å². The van der Waals surface area contributed by atoms with Gasteiger partial charge in [-0.2, -0.15) is 0 Å². The molecule has 1 aliphatic rings. The van der Waals surface area contributed by atoms with Crippen LogP contribution in [0.5, 0.6) is 11.5 Å². The van der Waals surface area contributed by atoms with Crippen LogP contribution < -0.4 is 19.1 Å². The molecule has 1 heterocycles. The van der Waals surface area contributed by atoms with Crippen LogP contribution in [-0.4, -0.2) is 63.2 Å². The van der Waals surface area contributed by atoms with Crippen molar-refractivity contribution in [3.05, 3.63) is 88.9 Å². The van der Waals surface area contributed by atoms with Crippen LogP contribution in [0.2, 0.25) is 5.02 Å². The smallest absolute Gasteiger partial charge is 0.244 e. The summed E-state index contributed by atoms with van der Waals surface area (Å²) in [5.41, 5.74) is 1.84. The summed E-state index contributed by atoms with van der Waals surface area (Å²) < 4.78 is 39.1. The van der Waals surface area contributed by atoms with Gasteiger partial charge in [0.15, 0.2) is 11.5 Å². The van der Waals surface area contributed by atoms with E-state index in [1.165, 1.54) is 11.8 Å². The first-order valence-corrected chi connectivity index (χ1v) is 16.3. The fourth-order valence-corrected chi connectivity index (χ4v) is 5.98. The molecule has 0 saturated heterocycles. The second kappa shape index (κ2) is 14.6. The molecule has 43 heavy (non-hydrogen) atoms. The molecule has 1 N–H and O–H groups in total. The number of ether oxygens (including phenoxy) is 2. The van der Waals surface area contributed by atoms with Crippen molar-refractivity contribution in [1.82, 2.24) is 10.2 Å². The highest BCUT2D eigenvalue weighted by molar-refractivity contribution is 7.92. The van der Waals surface area contributed by atoms with Gasteiger partial charge < -0.3 is 19.7 Å². The molecule has 0 saturated carbocycles. The molecule has 230 valence electrons. The molecular weight excluding hydrogens is 590 g/mol. The Hall–Kier alpha value is -3.76. The molecule has 4 rings (SSSR count). The Labute approximate surface area is 258 Å². The number of carbonyl (C=O) groups is 2. The molecule has 1 atom stereocenters. The molecule has 0 aromatic heterocycles. The van der Waals surface area contributed by atoms with Crippen LogP contribution >= 0.6 is 11.6 Å². The maximum Gasteiger partial charge on any atom is 0.244 e. The molecule has 3 aromatic rings. The van der Waals surface area contributed by atoms with Crippen molar-refractivity contribution in [2.75, 3.05) is 36.4 Å². The number of hydrogen-bond acceptors (Lipinski definition) is 6. The average molecular weight is 628 g/mol. The Balaban J connectivity index is 1.74. The number of nitrogens with one attached hydrogen (secondary N) is 1. The largest absolute Gasteiger partial charge is 0.486 e. The van der Waals surface area contributed by atoms with Crippen molar-refractivity contribution < 1.29 is 27.5 Å². The summed E-state index contributed by atoms with van der Waals surface area (Å²) >= 11 is 6.27. The first-order valence-electron chi connectivity index (χ1n) is 14.3. The minimum absolute atomic E-state index is 0.0488. The van der Waals surface area contributed by atoms with Crippen molar-refractivity contribution in [2.24, 2.45) is 5.92 Å². The third-order valence-electron chi connectivity index (χ3n) is 6.99. The van der Waals surface area contributed by atoms with E-state index in [0.29, 0.717) is 41.8 Å². The molecule has 1 aliphatic heterocycles. The second-order valence-corrected chi connectivity index (χ2v) is 13.3. The normalized spacial score (nSPS) is 13.3. The average Bonchev–Trinajstić information content (AvgIpc) is 3.00. The van der Waals surface area contributed by atoms with Crippen LogP contribution in [0, 0.1) is 5.92 Å². The number of fused-ring (bicyclic) bond motifs is 1. The van der Waals surface area contributed by atoms with Crippen molar-refractivity contribution in [3.63, 3.8) is 0 Å². The number of halogens is 1. The fourth-order valence-electron chi connectivity index (χ4n) is 4.72. The van der Waals surface area contributed by atoms with E-state index < -0.39 is 28.5 Å². The van der Waals surface area contributed by atoms with E-state index in [0.717, 1.165) is 9.87 Å². The number of nitrogens with zero attached hydrogens (tertiary/aromatic N) is 2. The maximum atomic E-state index is 14.3. The number of hydrogen-bond donors (Lipinski definition) is 1. The predicted molar refractivity (Wildman–Crippen MR) is 168 cm³/mol. The molecule has 3 aromatic carbocycles. The summed E-state index contributed by atoms with van der Waals surface area (Å²) in [5.74, 6) is 0.00926. The number of rotatable bonds is 13. The van der Waals surface area contributed by atoms with Gasteiger partial charge in [0.05, 0.1) is 11.4 Å². The van der Waals surface area contributed by atoms with Crippen LogP contribution in [0.25, 0.3) is 0 Å². The fraction of sp³-hybridized carbons (Fsp3) is 0.375. The Kier molecular flexibility index (Phi) is 10.9. The molecule has 0 fully saturated rings. The van der Waals surface area contributed by atoms with Gasteiger partial charge in [-0.25, -0.2) is 8.42 Å². The Morgan fingerprint density at radius 1 is 0.930 bits per heavy atom. The van der Waals surface area contributed by atoms with Crippen molar-refractivity contribution >= 4 is 39.1 Å². The van der Waals surface area contributed by atoms with Gasteiger partial charge in [0.1, 0.15) is 25.8 Å². The highest BCUT2D eigenvalue weighted by Gasteiger charge is 2.34. The van der Waals surface area contributed by atoms with E-state index in [-0.39, 0.29) is 36.2 Å². The van der Waals surface area contributed by atoms with Crippen LogP contribution in [0.4, 0.5) is 5.69 Å². The number of benzene rings is 3. The van der Waals surface area contributed by atoms with E-state index in [4.69, 9.17) is 21.1 Å². The zero-order valence-electron chi connectivity index (χ0n) is 24.7. The summed E-state index contributed by atoms with van der Waals surface area (Å²) in [5, 5.41) is 3.46. The molecule has 0 spiro atoms. The summed E-state index contributed by atoms with van der Waals surface area (Å²) in [7, 11) is -3.91. The van der Waals surface area contributed by atoms with E-state index in [1.807, 2.05) is 50.2 Å². The quantitative estimate of drug-likeness (QED) is 0.295. The standard InChI is InChI=1S/C32H38ClN3O6S/c1-4-43(39,40)36(27-13-14-29-30(19-27)42-16-15-41-29)22-31(37)35(21-25-11-8-12-26(33)17-25)28(32(38)34-20-23(2)3)18-24-9-6-5-7-10-24/h5-14,17,19,23,28H,4,15-16,18,20-22H2,1-3H3,(H,34,38)/t28-/m0/s1. The molecule has 0 bridgehead atoms. The number of sulfonamides is 1. The molecule has 0 unspecified atom stereocenters. The molecule has 2 amide bonds. The number of anilines is 1. The van der Waals surface area contributed by atoms with Gasteiger partial charge in [-0.3, -0.25) is 13.9 Å². The first kappa shape index (κ1) is 32.2. The molecule has 0 aliphatic carbocycles. The lowest BCUT2D eigenvalue weighted by molar-refractivity contribution is -0.140. The van der Waals surface area contributed by atoms with Crippen molar-refractivity contribution in [3.8, 4) is 11.5 Å². The molecule has 11 heteroatoms. The Morgan fingerprint density at radius 2 is 1.63 bits per heavy atom. The third kappa shape index (κ3) is 8.64. The van der Waals surface area contributed by atoms with Gasteiger partial charge >= 0.3 is 0 Å². The molecule has 9 nitrogen and oxygen atoms in total. The van der Waals surface area contributed by atoms with E-state index in [1.54, 1.807) is 36.4 Å². The van der Waals surface area contributed by atoms with Gasteiger partial charge in [-0.15, -0.1) is 0 Å². The monoisotopic (exact) mass is 627 g/mol. The highest BCUT2D eigenvalue weighted by atomic mass is 35.5. The van der Waals surface area contributed by atoms with Gasteiger partial charge in [0.2, 0.25) is 21.8 Å². The molecular formula is C32H38ClN3O6S. The van der Waals surface area contributed by atoms with Gasteiger partial charge in [0.25, 0.3) is 0 Å². The number of carbonyl (C=O) groups excluding carboxylic acids is 2. The Bertz CT molecular complexity index is 1520. The van der Waals surface area contributed by atoms with Crippen LogP contribution in [-0.2, 0) is 32.6 Å². The second-order valence-electron chi connectivity index (χ2n) is 10.7. The minimum atomic E-state index is -3.91. The predicted octanol–water partition coefficient (Wildman–Crippen LogP) is 4.68. The lowest BCUT2D eigenvalue weighted by Crippen LogP contribution is -2.54. The van der Waals surface area contributed by atoms with Crippen LogP contribution in [0.15, 0.2) is 72.8 Å². The van der Waals surface area contributed by atoms with E-state index in [9.17, 15) is 18.0 Å². The molecule has 0 radical (unpaired) electrons. The maximum absolute atomic E-state index is 14.3. The van der Waals surface area contributed by atoms with Gasteiger partial charge in [-0.05, 0) is 48.2 Å². The SMILES string of the molecule is CCS(=O)(=O)N(CC(=O)N(Cc1cccc(Cl)c1)[C@@H](Cc1ccccc1)C(=O)NCC(C)C)c1ccc2c(c1)OCCO2. The van der Waals surface area contributed by atoms with Crippen LogP contribution in [0.1, 0.15) is 31.9 Å². The highest BCUT2D eigenvalue weighted by Crippen LogP contribution is 2.35. The third-order valence-corrected chi connectivity index (χ3v) is 8.97. The summed E-state index contributed by atoms with van der Waals surface area (Å²) in [6.45, 7) is 6.18. The Morgan fingerprint density at radius 3 is 2.30 bits per heavy atom. The first-order chi connectivity index (χ1) is 20.6. The van der Waals surface area contributed by atoms with Crippen molar-refractivity contribution in [2.45, 2.75) is 39.8 Å². The summed E-state index contributed by atoms with van der Waals surface area (Å²) in [4.78, 5) is 29.5. The van der Waals surface area contributed by atoms with Crippen molar-refractivity contribution in [1.29, 1.82) is 0 Å².